The SMILES string of the molecule is CCC(C)N(C)CCNC(=NC)NCC1(CCO)CCOC1. The minimum atomic E-state index is 0.0416. The molecule has 1 rings (SSSR count). The van der Waals surface area contributed by atoms with Gasteiger partial charge in [-0.15, -0.1) is 0 Å². The largest absolute Gasteiger partial charge is 0.396 e. The fraction of sp³-hybridized carbons (Fsp3) is 0.938. The van der Waals surface area contributed by atoms with Crippen molar-refractivity contribution in [2.24, 2.45) is 10.4 Å². The first-order chi connectivity index (χ1) is 10.6. The monoisotopic (exact) mass is 314 g/mol. The topological polar surface area (TPSA) is 69.1 Å². The Labute approximate surface area is 135 Å². The molecule has 2 unspecified atom stereocenters. The molecule has 3 N–H and O–H groups in total. The zero-order valence-corrected chi connectivity index (χ0v) is 14.7. The molecule has 130 valence electrons. The standard InChI is InChI=1S/C16H34N4O2/c1-5-14(2)20(4)9-8-18-15(17-3)19-12-16(6-10-21)7-11-22-13-16/h14,21H,5-13H2,1-4H3,(H2,17,18,19). The Morgan fingerprint density at radius 3 is 2.77 bits per heavy atom. The van der Waals surface area contributed by atoms with Crippen molar-refractivity contribution in [3.63, 3.8) is 0 Å². The molecule has 1 heterocycles. The molecular weight excluding hydrogens is 280 g/mol. The van der Waals surface area contributed by atoms with Gasteiger partial charge >= 0.3 is 0 Å². The van der Waals surface area contributed by atoms with Crippen molar-refractivity contribution in [1.82, 2.24) is 15.5 Å². The third-order valence-electron chi connectivity index (χ3n) is 4.78. The maximum Gasteiger partial charge on any atom is 0.191 e. The molecule has 1 aliphatic rings. The summed E-state index contributed by atoms with van der Waals surface area (Å²) in [5.41, 5.74) is 0.0416. The Morgan fingerprint density at radius 2 is 2.23 bits per heavy atom. The number of ether oxygens (including phenoxy) is 1. The molecule has 0 bridgehead atoms. The summed E-state index contributed by atoms with van der Waals surface area (Å²) in [6.07, 6.45) is 2.93. The second-order valence-electron chi connectivity index (χ2n) is 6.37. The second-order valence-corrected chi connectivity index (χ2v) is 6.37. The number of guanidine groups is 1. The average Bonchev–Trinajstić information content (AvgIpc) is 2.98. The maximum atomic E-state index is 9.26. The van der Waals surface area contributed by atoms with Gasteiger partial charge in [0, 0.05) is 51.4 Å². The fourth-order valence-electron chi connectivity index (χ4n) is 2.69. The summed E-state index contributed by atoms with van der Waals surface area (Å²) < 4.78 is 5.51. The predicted octanol–water partition coefficient (Wildman–Crippen LogP) is 0.671. The molecular formula is C16H34N4O2. The van der Waals surface area contributed by atoms with E-state index >= 15 is 0 Å². The van der Waals surface area contributed by atoms with Gasteiger partial charge in [0.1, 0.15) is 0 Å². The highest BCUT2D eigenvalue weighted by atomic mass is 16.5. The summed E-state index contributed by atoms with van der Waals surface area (Å²) in [6, 6.07) is 0.597. The number of nitrogens with zero attached hydrogens (tertiary/aromatic N) is 2. The van der Waals surface area contributed by atoms with Crippen molar-refractivity contribution in [2.45, 2.75) is 39.2 Å². The van der Waals surface area contributed by atoms with E-state index in [1.54, 1.807) is 7.05 Å². The van der Waals surface area contributed by atoms with Gasteiger partial charge in [-0.25, -0.2) is 0 Å². The molecule has 6 heteroatoms. The van der Waals surface area contributed by atoms with Gasteiger partial charge in [-0.1, -0.05) is 6.92 Å². The Kier molecular flexibility index (Phi) is 8.75. The maximum absolute atomic E-state index is 9.26. The van der Waals surface area contributed by atoms with Crippen LogP contribution in [0.5, 0.6) is 0 Å². The zero-order chi connectivity index (χ0) is 16.4. The highest BCUT2D eigenvalue weighted by Gasteiger charge is 2.34. The van der Waals surface area contributed by atoms with Crippen molar-refractivity contribution < 1.29 is 9.84 Å². The van der Waals surface area contributed by atoms with Crippen LogP contribution in [0, 0.1) is 5.41 Å². The molecule has 0 radical (unpaired) electrons. The Bertz CT molecular complexity index is 330. The van der Waals surface area contributed by atoms with E-state index in [1.807, 2.05) is 0 Å². The fourth-order valence-corrected chi connectivity index (χ4v) is 2.69. The Hall–Kier alpha value is -0.850. The molecule has 1 saturated heterocycles. The van der Waals surface area contributed by atoms with Gasteiger partial charge in [0.2, 0.25) is 0 Å². The van der Waals surface area contributed by atoms with Gasteiger partial charge in [-0.2, -0.15) is 0 Å². The van der Waals surface area contributed by atoms with Gasteiger partial charge < -0.3 is 25.4 Å². The lowest BCUT2D eigenvalue weighted by atomic mass is 9.84. The minimum absolute atomic E-state index is 0.0416. The van der Waals surface area contributed by atoms with Crippen LogP contribution >= 0.6 is 0 Å². The summed E-state index contributed by atoms with van der Waals surface area (Å²) >= 11 is 0. The van der Waals surface area contributed by atoms with Crippen LogP contribution < -0.4 is 10.6 Å². The van der Waals surface area contributed by atoms with Gasteiger partial charge in [-0.3, -0.25) is 4.99 Å². The summed E-state index contributed by atoms with van der Waals surface area (Å²) in [6.45, 7) is 8.79. The lowest BCUT2D eigenvalue weighted by Gasteiger charge is -2.28. The van der Waals surface area contributed by atoms with Crippen LogP contribution in [0.15, 0.2) is 4.99 Å². The molecule has 2 atom stereocenters. The van der Waals surface area contributed by atoms with E-state index in [2.05, 4.69) is 41.4 Å². The van der Waals surface area contributed by atoms with Crippen LogP contribution in [0.2, 0.25) is 0 Å². The third-order valence-corrected chi connectivity index (χ3v) is 4.78. The first kappa shape index (κ1) is 19.2. The van der Waals surface area contributed by atoms with Gasteiger partial charge in [0.05, 0.1) is 6.61 Å². The molecule has 0 aliphatic carbocycles. The van der Waals surface area contributed by atoms with Crippen LogP contribution in [-0.4, -0.2) is 75.6 Å². The number of aliphatic hydroxyl groups is 1. The molecule has 0 spiro atoms. The predicted molar refractivity (Wildman–Crippen MR) is 91.3 cm³/mol. The van der Waals surface area contributed by atoms with E-state index < -0.39 is 0 Å². The summed E-state index contributed by atoms with van der Waals surface area (Å²) in [4.78, 5) is 6.62. The summed E-state index contributed by atoms with van der Waals surface area (Å²) in [7, 11) is 3.94. The minimum Gasteiger partial charge on any atom is -0.396 e. The summed E-state index contributed by atoms with van der Waals surface area (Å²) in [5.74, 6) is 0.821. The second kappa shape index (κ2) is 10.0. The number of rotatable bonds is 9. The smallest absolute Gasteiger partial charge is 0.191 e. The quantitative estimate of drug-likeness (QED) is 0.431. The Balaban J connectivity index is 2.33. The normalized spacial score (nSPS) is 23.8. The first-order valence-corrected chi connectivity index (χ1v) is 8.40. The number of aliphatic imine (C=N–C) groups is 1. The molecule has 22 heavy (non-hydrogen) atoms. The lowest BCUT2D eigenvalue weighted by molar-refractivity contribution is 0.127. The third kappa shape index (κ3) is 6.10. The molecule has 6 nitrogen and oxygen atoms in total. The first-order valence-electron chi connectivity index (χ1n) is 8.40. The number of aliphatic hydroxyl groups excluding tert-OH is 1. The Morgan fingerprint density at radius 1 is 1.45 bits per heavy atom. The molecule has 1 fully saturated rings. The van der Waals surface area contributed by atoms with E-state index in [1.165, 1.54) is 0 Å². The van der Waals surface area contributed by atoms with Crippen molar-refractivity contribution in [3.05, 3.63) is 0 Å². The highest BCUT2D eigenvalue weighted by molar-refractivity contribution is 5.79. The number of nitrogens with one attached hydrogen (secondary N) is 2. The van der Waals surface area contributed by atoms with Crippen molar-refractivity contribution in [2.75, 3.05) is 53.6 Å². The van der Waals surface area contributed by atoms with Crippen LogP contribution in [0.25, 0.3) is 0 Å². The van der Waals surface area contributed by atoms with Crippen LogP contribution in [-0.2, 0) is 4.74 Å². The van der Waals surface area contributed by atoms with Crippen LogP contribution in [0.4, 0.5) is 0 Å². The van der Waals surface area contributed by atoms with Crippen molar-refractivity contribution >= 4 is 5.96 Å². The highest BCUT2D eigenvalue weighted by Crippen LogP contribution is 2.31. The van der Waals surface area contributed by atoms with E-state index in [0.29, 0.717) is 12.6 Å². The van der Waals surface area contributed by atoms with Crippen LogP contribution in [0.1, 0.15) is 33.1 Å². The van der Waals surface area contributed by atoms with E-state index in [0.717, 1.165) is 51.5 Å². The van der Waals surface area contributed by atoms with E-state index in [4.69, 9.17) is 4.74 Å². The molecule has 0 amide bonds. The molecule has 0 aromatic rings. The summed E-state index contributed by atoms with van der Waals surface area (Å²) in [5, 5.41) is 16.0. The number of hydrogen-bond donors (Lipinski definition) is 3. The zero-order valence-electron chi connectivity index (χ0n) is 14.7. The van der Waals surface area contributed by atoms with Gasteiger partial charge in [-0.05, 0) is 33.2 Å². The molecule has 1 aliphatic heterocycles. The van der Waals surface area contributed by atoms with Crippen LogP contribution in [0.3, 0.4) is 0 Å². The number of likely N-dealkylation sites (N-methyl/N-ethyl adjacent to an activating group) is 1. The van der Waals surface area contributed by atoms with E-state index in [9.17, 15) is 5.11 Å². The van der Waals surface area contributed by atoms with Gasteiger partial charge in [0.15, 0.2) is 5.96 Å². The molecule has 0 aromatic carbocycles. The van der Waals surface area contributed by atoms with Gasteiger partial charge in [0.25, 0.3) is 0 Å². The average molecular weight is 314 g/mol. The van der Waals surface area contributed by atoms with Crippen molar-refractivity contribution in [3.8, 4) is 0 Å². The van der Waals surface area contributed by atoms with Crippen molar-refractivity contribution in [1.29, 1.82) is 0 Å². The molecule has 0 aromatic heterocycles. The molecule has 0 saturated carbocycles. The van der Waals surface area contributed by atoms with E-state index in [-0.39, 0.29) is 12.0 Å². The number of hydrogen-bond acceptors (Lipinski definition) is 4. The lowest BCUT2D eigenvalue weighted by Crippen LogP contribution is -2.46.